The summed E-state index contributed by atoms with van der Waals surface area (Å²) in [4.78, 5) is 27.9. The first-order chi connectivity index (χ1) is 18.0. The van der Waals surface area contributed by atoms with Crippen molar-refractivity contribution in [3.05, 3.63) is 59.7 Å². The Morgan fingerprint density at radius 2 is 1.82 bits per heavy atom. The third-order valence-electron chi connectivity index (χ3n) is 6.70. The van der Waals surface area contributed by atoms with Crippen molar-refractivity contribution in [3.63, 3.8) is 0 Å². The van der Waals surface area contributed by atoms with Gasteiger partial charge in [0.15, 0.2) is 11.6 Å². The Kier molecular flexibility index (Phi) is 10.1. The standard InChI is InChI=1S/C27H35F2N3O5S/c1-19(27(34)30-21-9-4-5-10-21)31(18-20-8-6-11-23(16-20)37-2)26(33)12-7-15-32(38(3,35)36)22-13-14-24(28)25(29)17-22/h6,8,11,13-14,16-17,19,21H,4-5,7,9-10,12,15,18H2,1-3H3,(H,30,34). The Balaban J connectivity index is 1.74. The number of carbonyl (C=O) groups excluding carboxylic acids is 2. The van der Waals surface area contributed by atoms with Crippen LogP contribution in [0.3, 0.4) is 0 Å². The summed E-state index contributed by atoms with van der Waals surface area (Å²) in [6, 6.07) is 9.37. The number of amides is 2. The summed E-state index contributed by atoms with van der Waals surface area (Å²) in [5, 5.41) is 3.04. The number of nitrogens with one attached hydrogen (secondary N) is 1. The molecular weight excluding hydrogens is 516 g/mol. The predicted molar refractivity (Wildman–Crippen MR) is 141 cm³/mol. The molecule has 8 nitrogen and oxygen atoms in total. The first kappa shape index (κ1) is 29.3. The minimum atomic E-state index is -3.82. The first-order valence-electron chi connectivity index (χ1n) is 12.6. The van der Waals surface area contributed by atoms with Crippen molar-refractivity contribution in [3.8, 4) is 5.75 Å². The van der Waals surface area contributed by atoms with E-state index in [9.17, 15) is 26.8 Å². The second kappa shape index (κ2) is 13.0. The zero-order chi connectivity index (χ0) is 27.9. The normalized spacial score (nSPS) is 14.7. The Morgan fingerprint density at radius 3 is 2.45 bits per heavy atom. The smallest absolute Gasteiger partial charge is 0.242 e. The van der Waals surface area contributed by atoms with E-state index >= 15 is 0 Å². The van der Waals surface area contributed by atoms with Crippen molar-refractivity contribution in [1.82, 2.24) is 10.2 Å². The fourth-order valence-corrected chi connectivity index (χ4v) is 5.54. The number of sulfonamides is 1. The van der Waals surface area contributed by atoms with Crippen molar-refractivity contribution in [2.24, 2.45) is 0 Å². The van der Waals surface area contributed by atoms with Gasteiger partial charge in [0, 0.05) is 31.6 Å². The maximum absolute atomic E-state index is 13.8. The van der Waals surface area contributed by atoms with E-state index in [0.717, 1.165) is 53.9 Å². The number of methoxy groups -OCH3 is 1. The molecule has 0 aliphatic heterocycles. The van der Waals surface area contributed by atoms with Gasteiger partial charge in [0.25, 0.3) is 0 Å². The van der Waals surface area contributed by atoms with Crippen LogP contribution in [0.4, 0.5) is 14.5 Å². The molecule has 3 rings (SSSR count). The van der Waals surface area contributed by atoms with Gasteiger partial charge in [-0.3, -0.25) is 13.9 Å². The number of carbonyl (C=O) groups is 2. The van der Waals surface area contributed by atoms with Gasteiger partial charge in [0.2, 0.25) is 21.8 Å². The average molecular weight is 552 g/mol. The molecule has 1 unspecified atom stereocenters. The molecule has 208 valence electrons. The van der Waals surface area contributed by atoms with Crippen LogP contribution in [0, 0.1) is 11.6 Å². The minimum absolute atomic E-state index is 0.0311. The van der Waals surface area contributed by atoms with Crippen LogP contribution in [-0.2, 0) is 26.2 Å². The van der Waals surface area contributed by atoms with E-state index in [1.54, 1.807) is 32.2 Å². The maximum Gasteiger partial charge on any atom is 0.242 e. The van der Waals surface area contributed by atoms with Gasteiger partial charge in [-0.25, -0.2) is 17.2 Å². The molecule has 11 heteroatoms. The summed E-state index contributed by atoms with van der Waals surface area (Å²) in [5.41, 5.74) is 0.745. The number of halogens is 2. The lowest BCUT2D eigenvalue weighted by Gasteiger charge is -2.30. The van der Waals surface area contributed by atoms with Gasteiger partial charge in [-0.05, 0) is 56.0 Å². The Labute approximate surface area is 223 Å². The fourth-order valence-electron chi connectivity index (χ4n) is 4.59. The van der Waals surface area contributed by atoms with Crippen LogP contribution < -0.4 is 14.4 Å². The van der Waals surface area contributed by atoms with Crippen LogP contribution in [0.25, 0.3) is 0 Å². The number of rotatable bonds is 12. The van der Waals surface area contributed by atoms with Crippen LogP contribution >= 0.6 is 0 Å². The molecule has 2 amide bonds. The maximum atomic E-state index is 13.8. The van der Waals surface area contributed by atoms with Gasteiger partial charge in [-0.2, -0.15) is 0 Å². The van der Waals surface area contributed by atoms with E-state index in [-0.39, 0.29) is 49.5 Å². The second-order valence-electron chi connectivity index (χ2n) is 9.58. The number of benzene rings is 2. The lowest BCUT2D eigenvalue weighted by atomic mass is 10.1. The fraction of sp³-hybridized carbons (Fsp3) is 0.481. The van der Waals surface area contributed by atoms with E-state index in [1.807, 2.05) is 6.07 Å². The zero-order valence-electron chi connectivity index (χ0n) is 22.0. The van der Waals surface area contributed by atoms with Crippen molar-refractivity contribution in [1.29, 1.82) is 0 Å². The van der Waals surface area contributed by atoms with E-state index in [4.69, 9.17) is 4.74 Å². The third-order valence-corrected chi connectivity index (χ3v) is 7.89. The molecule has 0 aromatic heterocycles. The van der Waals surface area contributed by atoms with Gasteiger partial charge in [-0.1, -0.05) is 25.0 Å². The van der Waals surface area contributed by atoms with E-state index in [1.165, 1.54) is 11.0 Å². The summed E-state index contributed by atoms with van der Waals surface area (Å²) in [6.45, 7) is 1.71. The summed E-state index contributed by atoms with van der Waals surface area (Å²) in [6.07, 6.45) is 4.94. The Morgan fingerprint density at radius 1 is 1.11 bits per heavy atom. The molecule has 1 saturated carbocycles. The zero-order valence-corrected chi connectivity index (χ0v) is 22.8. The molecule has 2 aromatic carbocycles. The van der Waals surface area contributed by atoms with Crippen molar-refractivity contribution in [2.75, 3.05) is 24.2 Å². The molecule has 0 saturated heterocycles. The summed E-state index contributed by atoms with van der Waals surface area (Å²) >= 11 is 0. The molecule has 0 radical (unpaired) electrons. The van der Waals surface area contributed by atoms with E-state index in [0.29, 0.717) is 5.75 Å². The highest BCUT2D eigenvalue weighted by molar-refractivity contribution is 7.92. The molecule has 2 aromatic rings. The molecule has 1 aliphatic rings. The lowest BCUT2D eigenvalue weighted by Crippen LogP contribution is -2.49. The van der Waals surface area contributed by atoms with E-state index in [2.05, 4.69) is 5.32 Å². The summed E-state index contributed by atoms with van der Waals surface area (Å²) in [7, 11) is -2.28. The average Bonchev–Trinajstić information content (AvgIpc) is 3.39. The number of ether oxygens (including phenoxy) is 1. The monoisotopic (exact) mass is 551 g/mol. The van der Waals surface area contributed by atoms with Gasteiger partial charge in [0.1, 0.15) is 11.8 Å². The number of hydrogen-bond donors (Lipinski definition) is 1. The molecule has 1 atom stereocenters. The molecular formula is C27H35F2N3O5S. The molecule has 1 fully saturated rings. The highest BCUT2D eigenvalue weighted by atomic mass is 32.2. The number of anilines is 1. The van der Waals surface area contributed by atoms with Gasteiger partial charge in [-0.15, -0.1) is 0 Å². The molecule has 0 spiro atoms. The number of nitrogens with zero attached hydrogens (tertiary/aromatic N) is 2. The first-order valence-corrected chi connectivity index (χ1v) is 14.5. The molecule has 1 N–H and O–H groups in total. The van der Waals surface area contributed by atoms with Gasteiger partial charge in [0.05, 0.1) is 19.1 Å². The molecule has 0 bridgehead atoms. The SMILES string of the molecule is COc1cccc(CN(C(=O)CCCN(c2ccc(F)c(F)c2)S(C)(=O)=O)C(C)C(=O)NC2CCCC2)c1. The van der Waals surface area contributed by atoms with Crippen molar-refractivity contribution < 1.29 is 31.5 Å². The Hall–Kier alpha value is -3.21. The highest BCUT2D eigenvalue weighted by Crippen LogP contribution is 2.23. The third kappa shape index (κ3) is 7.89. The van der Waals surface area contributed by atoms with Crippen LogP contribution in [-0.4, -0.2) is 57.1 Å². The lowest BCUT2D eigenvalue weighted by molar-refractivity contribution is -0.141. The summed E-state index contributed by atoms with van der Waals surface area (Å²) < 4.78 is 58.0. The Bertz CT molecular complexity index is 1230. The number of hydrogen-bond acceptors (Lipinski definition) is 5. The molecule has 0 heterocycles. The molecule has 38 heavy (non-hydrogen) atoms. The van der Waals surface area contributed by atoms with Gasteiger partial charge >= 0.3 is 0 Å². The molecule has 1 aliphatic carbocycles. The van der Waals surface area contributed by atoms with Crippen LogP contribution in [0.2, 0.25) is 0 Å². The van der Waals surface area contributed by atoms with Crippen LogP contribution in [0.5, 0.6) is 5.75 Å². The van der Waals surface area contributed by atoms with E-state index < -0.39 is 27.7 Å². The topological polar surface area (TPSA) is 96.0 Å². The second-order valence-corrected chi connectivity index (χ2v) is 11.5. The summed E-state index contributed by atoms with van der Waals surface area (Å²) in [5.74, 6) is -2.21. The van der Waals surface area contributed by atoms with Crippen LogP contribution in [0.1, 0.15) is 51.0 Å². The quantitative estimate of drug-likeness (QED) is 0.430. The van der Waals surface area contributed by atoms with Crippen LogP contribution in [0.15, 0.2) is 42.5 Å². The van der Waals surface area contributed by atoms with Crippen molar-refractivity contribution >= 4 is 27.5 Å². The largest absolute Gasteiger partial charge is 0.497 e. The highest BCUT2D eigenvalue weighted by Gasteiger charge is 2.29. The minimum Gasteiger partial charge on any atom is -0.497 e. The van der Waals surface area contributed by atoms with Crippen molar-refractivity contribution in [2.45, 2.75) is 64.1 Å². The van der Waals surface area contributed by atoms with Gasteiger partial charge < -0.3 is 15.0 Å². The predicted octanol–water partition coefficient (Wildman–Crippen LogP) is 4.00.